The van der Waals surface area contributed by atoms with Crippen molar-refractivity contribution in [2.45, 2.75) is 18.0 Å². The molecule has 0 radical (unpaired) electrons. The Hall–Kier alpha value is -3.67. The summed E-state index contributed by atoms with van der Waals surface area (Å²) in [5, 5.41) is 6.84. The maximum Gasteiger partial charge on any atom is 0.236 e. The number of carbonyl (C=O) groups is 1. The van der Waals surface area contributed by atoms with Crippen LogP contribution in [0.2, 0.25) is 0 Å². The van der Waals surface area contributed by atoms with E-state index in [1.54, 1.807) is 12.3 Å². The van der Waals surface area contributed by atoms with Crippen LogP contribution >= 0.6 is 11.8 Å². The number of nitrogens with zero attached hydrogens (tertiary/aromatic N) is 4. The molecule has 0 saturated heterocycles. The number of benzene rings is 2. The first-order valence-corrected chi connectivity index (χ1v) is 12.5. The van der Waals surface area contributed by atoms with Gasteiger partial charge < -0.3 is 21.1 Å². The summed E-state index contributed by atoms with van der Waals surface area (Å²) in [5.74, 6) is 0.763. The SMILES string of the molecule is NCCOc1cnc2ccc(F)c(-c3ccc(CCNCc4cnc5c(n4)NC(=O)CS5)cc3)c2n1. The predicted octanol–water partition coefficient (Wildman–Crippen LogP) is 2.94. The lowest BCUT2D eigenvalue weighted by Gasteiger charge is -2.15. The number of amides is 1. The van der Waals surface area contributed by atoms with Crippen LogP contribution in [0.25, 0.3) is 22.2 Å². The van der Waals surface area contributed by atoms with Crippen molar-refractivity contribution >= 4 is 34.5 Å². The minimum Gasteiger partial charge on any atom is -0.475 e. The molecule has 5 rings (SSSR count). The van der Waals surface area contributed by atoms with Gasteiger partial charge in [0.1, 0.15) is 23.0 Å². The molecule has 0 aliphatic carbocycles. The summed E-state index contributed by atoms with van der Waals surface area (Å²) >= 11 is 1.39. The number of anilines is 1. The molecule has 0 spiro atoms. The zero-order valence-corrected chi connectivity index (χ0v) is 20.1. The summed E-state index contributed by atoms with van der Waals surface area (Å²) in [6, 6.07) is 10.7. The van der Waals surface area contributed by atoms with E-state index in [4.69, 9.17) is 10.5 Å². The fourth-order valence-corrected chi connectivity index (χ4v) is 4.52. The van der Waals surface area contributed by atoms with Gasteiger partial charge in [-0.3, -0.25) is 4.79 Å². The van der Waals surface area contributed by atoms with Crippen molar-refractivity contribution < 1.29 is 13.9 Å². The minimum atomic E-state index is -0.372. The van der Waals surface area contributed by atoms with Gasteiger partial charge in [-0.2, -0.15) is 0 Å². The second-order valence-corrected chi connectivity index (χ2v) is 9.08. The second-order valence-electron chi connectivity index (χ2n) is 8.11. The summed E-state index contributed by atoms with van der Waals surface area (Å²) < 4.78 is 20.3. The van der Waals surface area contributed by atoms with Gasteiger partial charge in [0.25, 0.3) is 0 Å². The molecule has 1 aliphatic heterocycles. The first kappa shape index (κ1) is 24.0. The number of nitrogens with one attached hydrogen (secondary N) is 2. The molecule has 36 heavy (non-hydrogen) atoms. The van der Waals surface area contributed by atoms with Gasteiger partial charge in [0, 0.05) is 18.7 Å². The molecule has 9 nitrogen and oxygen atoms in total. The van der Waals surface area contributed by atoms with Crippen molar-refractivity contribution in [1.82, 2.24) is 25.3 Å². The van der Waals surface area contributed by atoms with Gasteiger partial charge >= 0.3 is 0 Å². The molecule has 0 atom stereocenters. The Morgan fingerprint density at radius 1 is 1.11 bits per heavy atom. The lowest BCUT2D eigenvalue weighted by atomic mass is 10.0. The molecular weight excluding hydrogens is 481 g/mol. The Kier molecular flexibility index (Phi) is 7.31. The van der Waals surface area contributed by atoms with E-state index >= 15 is 0 Å². The topological polar surface area (TPSA) is 128 Å². The van der Waals surface area contributed by atoms with Crippen molar-refractivity contribution in [2.24, 2.45) is 5.73 Å². The Morgan fingerprint density at radius 3 is 2.81 bits per heavy atom. The standard InChI is InChI=1S/C25H24FN7O2S/c26-18-5-6-19-23(33-21(13-29-19)35-10-8-27)22(18)16-3-1-15(2-4-16)7-9-28-11-17-12-30-25-24(31-17)32-20(34)14-36-25/h1-6,12-13,28H,7-11,14,27H2,(H,31,32,34). The molecule has 0 fully saturated rings. The summed E-state index contributed by atoms with van der Waals surface area (Å²) in [6.45, 7) is 1.91. The van der Waals surface area contributed by atoms with Crippen molar-refractivity contribution in [3.05, 3.63) is 65.9 Å². The number of rotatable bonds is 9. The monoisotopic (exact) mass is 505 g/mol. The molecule has 3 heterocycles. The van der Waals surface area contributed by atoms with E-state index in [0.717, 1.165) is 29.2 Å². The lowest BCUT2D eigenvalue weighted by Crippen LogP contribution is -2.22. The van der Waals surface area contributed by atoms with Crippen LogP contribution in [-0.2, 0) is 17.8 Å². The summed E-state index contributed by atoms with van der Waals surface area (Å²) in [4.78, 5) is 29.2. The maximum atomic E-state index is 14.9. The molecule has 184 valence electrons. The predicted molar refractivity (Wildman–Crippen MR) is 136 cm³/mol. The minimum absolute atomic E-state index is 0.0637. The molecule has 0 saturated carbocycles. The quantitative estimate of drug-likeness (QED) is 0.294. The second kappa shape index (κ2) is 10.9. The Balaban J connectivity index is 1.23. The molecule has 1 aliphatic rings. The van der Waals surface area contributed by atoms with Gasteiger partial charge in [0.15, 0.2) is 5.82 Å². The van der Waals surface area contributed by atoms with Crippen molar-refractivity contribution in [3.8, 4) is 17.0 Å². The highest BCUT2D eigenvalue weighted by atomic mass is 32.2. The fourth-order valence-electron chi connectivity index (χ4n) is 3.82. The summed E-state index contributed by atoms with van der Waals surface area (Å²) in [7, 11) is 0. The van der Waals surface area contributed by atoms with Gasteiger partial charge in [-0.25, -0.2) is 24.3 Å². The van der Waals surface area contributed by atoms with Crippen LogP contribution in [0.15, 0.2) is 53.8 Å². The smallest absolute Gasteiger partial charge is 0.236 e. The van der Waals surface area contributed by atoms with E-state index in [9.17, 15) is 9.18 Å². The van der Waals surface area contributed by atoms with Crippen molar-refractivity contribution in [1.29, 1.82) is 0 Å². The van der Waals surface area contributed by atoms with Crippen molar-refractivity contribution in [2.75, 3.05) is 30.8 Å². The molecule has 11 heteroatoms. The zero-order chi connectivity index (χ0) is 24.9. The number of fused-ring (bicyclic) bond motifs is 2. The number of nitrogens with two attached hydrogens (primary N) is 1. The van der Waals surface area contributed by atoms with Crippen LogP contribution in [0, 0.1) is 5.82 Å². The Morgan fingerprint density at radius 2 is 1.97 bits per heavy atom. The average Bonchev–Trinajstić information content (AvgIpc) is 2.90. The number of ether oxygens (including phenoxy) is 1. The normalized spacial score (nSPS) is 12.9. The molecular formula is C25H24FN7O2S. The summed E-state index contributed by atoms with van der Waals surface area (Å²) in [5.41, 5.74) is 9.48. The third-order valence-corrected chi connectivity index (χ3v) is 6.51. The van der Waals surface area contributed by atoms with E-state index in [1.807, 2.05) is 24.3 Å². The largest absolute Gasteiger partial charge is 0.475 e. The van der Waals surface area contributed by atoms with Crippen LogP contribution in [0.4, 0.5) is 10.2 Å². The first-order valence-electron chi connectivity index (χ1n) is 11.5. The summed E-state index contributed by atoms with van der Waals surface area (Å²) in [6.07, 6.45) is 4.01. The number of thioether (sulfide) groups is 1. The van der Waals surface area contributed by atoms with E-state index in [2.05, 4.69) is 30.6 Å². The highest BCUT2D eigenvalue weighted by Gasteiger charge is 2.18. The first-order chi connectivity index (χ1) is 17.6. The molecule has 0 bridgehead atoms. The molecule has 2 aromatic heterocycles. The van der Waals surface area contributed by atoms with Crippen LogP contribution in [-0.4, -0.2) is 51.3 Å². The number of halogens is 1. The van der Waals surface area contributed by atoms with Crippen molar-refractivity contribution in [3.63, 3.8) is 0 Å². The lowest BCUT2D eigenvalue weighted by molar-refractivity contribution is -0.113. The van der Waals surface area contributed by atoms with E-state index in [1.165, 1.54) is 24.0 Å². The molecule has 2 aromatic carbocycles. The van der Waals surface area contributed by atoms with Gasteiger partial charge in [0.05, 0.1) is 29.4 Å². The fraction of sp³-hybridized carbons (Fsp3) is 0.240. The van der Waals surface area contributed by atoms with Gasteiger partial charge in [-0.05, 0) is 36.2 Å². The van der Waals surface area contributed by atoms with Crippen LogP contribution in [0.5, 0.6) is 5.88 Å². The third-order valence-electron chi connectivity index (χ3n) is 5.54. The van der Waals surface area contributed by atoms with Crippen LogP contribution in [0.1, 0.15) is 11.3 Å². The molecule has 4 aromatic rings. The highest BCUT2D eigenvalue weighted by Crippen LogP contribution is 2.31. The van der Waals surface area contributed by atoms with E-state index in [0.29, 0.717) is 59.3 Å². The number of hydrogen-bond donors (Lipinski definition) is 3. The van der Waals surface area contributed by atoms with Gasteiger partial charge in [-0.1, -0.05) is 36.0 Å². The zero-order valence-electron chi connectivity index (χ0n) is 19.3. The van der Waals surface area contributed by atoms with Gasteiger partial charge in [-0.15, -0.1) is 0 Å². The molecule has 4 N–H and O–H groups in total. The van der Waals surface area contributed by atoms with E-state index < -0.39 is 0 Å². The van der Waals surface area contributed by atoms with Gasteiger partial charge in [0.2, 0.25) is 11.8 Å². The molecule has 1 amide bonds. The number of carbonyl (C=O) groups excluding carboxylic acids is 1. The Labute approximate surface area is 211 Å². The highest BCUT2D eigenvalue weighted by molar-refractivity contribution is 8.00. The van der Waals surface area contributed by atoms with E-state index in [-0.39, 0.29) is 11.7 Å². The Bertz CT molecular complexity index is 1400. The maximum absolute atomic E-state index is 14.9. The third kappa shape index (κ3) is 5.43. The van der Waals surface area contributed by atoms with Crippen LogP contribution in [0.3, 0.4) is 0 Å². The van der Waals surface area contributed by atoms with Crippen LogP contribution < -0.4 is 21.1 Å². The molecule has 0 unspecified atom stereocenters. The number of hydrogen-bond acceptors (Lipinski definition) is 9. The number of aromatic nitrogens is 4. The average molecular weight is 506 g/mol.